The average molecular weight is 395 g/mol. The summed E-state index contributed by atoms with van der Waals surface area (Å²) in [6.07, 6.45) is 1.63. The Morgan fingerprint density at radius 3 is 2.64 bits per heavy atom. The van der Waals surface area contributed by atoms with Gasteiger partial charge in [-0.2, -0.15) is 4.98 Å². The van der Waals surface area contributed by atoms with Gasteiger partial charge in [0.15, 0.2) is 11.2 Å². The van der Waals surface area contributed by atoms with Gasteiger partial charge in [0.25, 0.3) is 11.6 Å². The number of benzene rings is 2. The predicted octanol–water partition coefficient (Wildman–Crippen LogP) is 4.70. The van der Waals surface area contributed by atoms with Crippen molar-refractivity contribution in [2.45, 2.75) is 0 Å². The highest BCUT2D eigenvalue weighted by Gasteiger charge is 2.16. The third kappa shape index (κ3) is 3.40. The molecule has 0 unspecified atom stereocenters. The first-order valence-corrected chi connectivity index (χ1v) is 8.46. The summed E-state index contributed by atoms with van der Waals surface area (Å²) in [5, 5.41) is 13.6. The van der Waals surface area contributed by atoms with E-state index in [0.29, 0.717) is 22.8 Å². The normalized spacial score (nSPS) is 10.8. The zero-order valence-corrected chi connectivity index (χ0v) is 14.9. The number of nitrogens with one attached hydrogen (secondary N) is 1. The maximum absolute atomic E-state index is 12.4. The number of pyridine rings is 1. The molecule has 0 bridgehead atoms. The number of nitro benzene ring substituents is 1. The fourth-order valence-corrected chi connectivity index (χ4v) is 2.77. The number of hydrogen-bond acceptors (Lipinski definition) is 6. The van der Waals surface area contributed by atoms with Crippen LogP contribution >= 0.6 is 11.6 Å². The van der Waals surface area contributed by atoms with Gasteiger partial charge in [-0.25, -0.2) is 4.98 Å². The molecule has 0 spiro atoms. The lowest BCUT2D eigenvalue weighted by Crippen LogP contribution is -2.12. The number of hydrogen-bond donors (Lipinski definition) is 1. The third-order valence-corrected chi connectivity index (χ3v) is 4.28. The number of oxazole rings is 1. The fourth-order valence-electron chi connectivity index (χ4n) is 2.59. The van der Waals surface area contributed by atoms with Gasteiger partial charge in [-0.15, -0.1) is 0 Å². The second kappa shape index (κ2) is 7.09. The van der Waals surface area contributed by atoms with Gasteiger partial charge in [0.1, 0.15) is 5.02 Å². The first-order valence-electron chi connectivity index (χ1n) is 8.08. The number of nitro groups is 1. The Morgan fingerprint density at radius 2 is 1.93 bits per heavy atom. The lowest BCUT2D eigenvalue weighted by molar-refractivity contribution is -0.384. The molecule has 4 aromatic rings. The Balaban J connectivity index is 1.54. The van der Waals surface area contributed by atoms with E-state index in [1.54, 1.807) is 42.6 Å². The number of nitrogens with zero attached hydrogens (tertiary/aromatic N) is 3. The minimum atomic E-state index is -0.636. The Labute approximate surface area is 162 Å². The van der Waals surface area contributed by atoms with Crippen molar-refractivity contribution < 1.29 is 14.1 Å². The molecule has 0 aliphatic heterocycles. The van der Waals surface area contributed by atoms with E-state index in [1.165, 1.54) is 12.1 Å². The highest BCUT2D eigenvalue weighted by atomic mass is 35.5. The monoisotopic (exact) mass is 394 g/mol. The molecule has 9 heteroatoms. The van der Waals surface area contributed by atoms with Crippen molar-refractivity contribution in [3.05, 3.63) is 81.5 Å². The van der Waals surface area contributed by atoms with Crippen molar-refractivity contribution in [1.29, 1.82) is 0 Å². The second-order valence-corrected chi connectivity index (χ2v) is 6.21. The van der Waals surface area contributed by atoms with E-state index in [-0.39, 0.29) is 16.3 Å². The third-order valence-electron chi connectivity index (χ3n) is 3.96. The number of carbonyl (C=O) groups excluding carboxylic acids is 1. The first-order chi connectivity index (χ1) is 13.5. The standard InChI is InChI=1S/C19H11ClN4O4/c20-14-8-5-12(10-15(14)24(26)27)18(25)22-13-6-3-11(4-7-13)19-23-17-16(28-19)2-1-9-21-17/h1-10H,(H,22,25). The molecule has 138 valence electrons. The molecule has 2 heterocycles. The van der Waals surface area contributed by atoms with Crippen LogP contribution in [-0.4, -0.2) is 20.8 Å². The minimum absolute atomic E-state index is 0.0290. The van der Waals surface area contributed by atoms with E-state index in [0.717, 1.165) is 11.6 Å². The molecule has 1 amide bonds. The number of rotatable bonds is 4. The molecule has 0 saturated heterocycles. The van der Waals surface area contributed by atoms with Crippen molar-refractivity contribution in [2.75, 3.05) is 5.32 Å². The predicted molar refractivity (Wildman–Crippen MR) is 103 cm³/mol. The molecule has 2 aromatic carbocycles. The molecule has 0 aliphatic rings. The van der Waals surface area contributed by atoms with Gasteiger partial charge < -0.3 is 9.73 Å². The van der Waals surface area contributed by atoms with Crippen LogP contribution < -0.4 is 5.32 Å². The molecule has 28 heavy (non-hydrogen) atoms. The summed E-state index contributed by atoms with van der Waals surface area (Å²) in [5.74, 6) is -0.0709. The second-order valence-electron chi connectivity index (χ2n) is 5.80. The van der Waals surface area contributed by atoms with Crippen molar-refractivity contribution in [1.82, 2.24) is 9.97 Å². The van der Waals surface area contributed by atoms with Crippen molar-refractivity contribution in [2.24, 2.45) is 0 Å². The molecule has 8 nitrogen and oxygen atoms in total. The summed E-state index contributed by atoms with van der Waals surface area (Å²) < 4.78 is 5.65. The van der Waals surface area contributed by atoms with Crippen molar-refractivity contribution >= 4 is 40.1 Å². The van der Waals surface area contributed by atoms with Crippen LogP contribution in [0, 0.1) is 10.1 Å². The Hall–Kier alpha value is -3.78. The van der Waals surface area contributed by atoms with Gasteiger partial charge in [-0.05, 0) is 48.5 Å². The van der Waals surface area contributed by atoms with E-state index in [9.17, 15) is 14.9 Å². The number of fused-ring (bicyclic) bond motifs is 1. The van der Waals surface area contributed by atoms with Crippen LogP contribution in [0.5, 0.6) is 0 Å². The molecule has 0 aliphatic carbocycles. The minimum Gasteiger partial charge on any atom is -0.434 e. The van der Waals surface area contributed by atoms with Gasteiger partial charge in [0.2, 0.25) is 5.89 Å². The summed E-state index contributed by atoms with van der Waals surface area (Å²) in [6.45, 7) is 0. The Morgan fingerprint density at radius 1 is 1.14 bits per heavy atom. The number of aromatic nitrogens is 2. The smallest absolute Gasteiger partial charge is 0.288 e. The quantitative estimate of drug-likeness (QED) is 0.396. The van der Waals surface area contributed by atoms with Crippen LogP contribution in [0.4, 0.5) is 11.4 Å². The van der Waals surface area contributed by atoms with E-state index in [4.69, 9.17) is 16.0 Å². The van der Waals surface area contributed by atoms with Crippen LogP contribution in [0.15, 0.2) is 65.2 Å². The molecule has 0 atom stereocenters. The maximum atomic E-state index is 12.4. The van der Waals surface area contributed by atoms with Crippen molar-refractivity contribution in [3.63, 3.8) is 0 Å². The molecule has 1 N–H and O–H groups in total. The lowest BCUT2D eigenvalue weighted by atomic mass is 10.1. The number of carbonyl (C=O) groups is 1. The van der Waals surface area contributed by atoms with E-state index >= 15 is 0 Å². The lowest BCUT2D eigenvalue weighted by Gasteiger charge is -2.06. The molecule has 0 radical (unpaired) electrons. The van der Waals surface area contributed by atoms with Crippen LogP contribution in [-0.2, 0) is 0 Å². The first kappa shape index (κ1) is 17.6. The zero-order valence-electron chi connectivity index (χ0n) is 14.1. The van der Waals surface area contributed by atoms with Gasteiger partial charge in [-0.1, -0.05) is 11.6 Å². The van der Waals surface area contributed by atoms with Gasteiger partial charge in [0, 0.05) is 29.1 Å². The topological polar surface area (TPSA) is 111 Å². The summed E-state index contributed by atoms with van der Waals surface area (Å²) >= 11 is 5.77. The molecular formula is C19H11ClN4O4. The molecule has 2 aromatic heterocycles. The van der Waals surface area contributed by atoms with E-state index in [1.807, 2.05) is 0 Å². The highest BCUT2D eigenvalue weighted by molar-refractivity contribution is 6.32. The number of halogens is 1. The van der Waals surface area contributed by atoms with Gasteiger partial charge in [0.05, 0.1) is 4.92 Å². The van der Waals surface area contributed by atoms with Gasteiger partial charge >= 0.3 is 0 Å². The van der Waals surface area contributed by atoms with E-state index < -0.39 is 10.8 Å². The van der Waals surface area contributed by atoms with Crippen LogP contribution in [0.25, 0.3) is 22.7 Å². The molecular weight excluding hydrogens is 384 g/mol. The Kier molecular flexibility index (Phi) is 4.46. The molecule has 0 saturated carbocycles. The SMILES string of the molecule is O=C(Nc1ccc(-c2nc3ncccc3o2)cc1)c1ccc(Cl)c([N+](=O)[O-])c1. The maximum Gasteiger partial charge on any atom is 0.288 e. The van der Waals surface area contributed by atoms with Crippen LogP contribution in [0.1, 0.15) is 10.4 Å². The zero-order chi connectivity index (χ0) is 19.7. The molecule has 0 fully saturated rings. The Bertz CT molecular complexity index is 1170. The summed E-state index contributed by atoms with van der Waals surface area (Å²) in [7, 11) is 0. The number of amides is 1. The summed E-state index contributed by atoms with van der Waals surface area (Å²) in [5.41, 5.74) is 2.14. The van der Waals surface area contributed by atoms with Crippen LogP contribution in [0.2, 0.25) is 5.02 Å². The summed E-state index contributed by atoms with van der Waals surface area (Å²) in [4.78, 5) is 31.1. The highest BCUT2D eigenvalue weighted by Crippen LogP contribution is 2.27. The largest absolute Gasteiger partial charge is 0.434 e. The summed E-state index contributed by atoms with van der Waals surface area (Å²) in [6, 6.07) is 14.3. The number of anilines is 1. The fraction of sp³-hybridized carbons (Fsp3) is 0. The molecule has 4 rings (SSSR count). The van der Waals surface area contributed by atoms with Gasteiger partial charge in [-0.3, -0.25) is 14.9 Å². The van der Waals surface area contributed by atoms with Crippen LogP contribution in [0.3, 0.4) is 0 Å². The average Bonchev–Trinajstić information content (AvgIpc) is 3.13. The van der Waals surface area contributed by atoms with E-state index in [2.05, 4.69) is 15.3 Å². The van der Waals surface area contributed by atoms with Crippen molar-refractivity contribution in [3.8, 4) is 11.5 Å².